The van der Waals surface area contributed by atoms with Crippen molar-refractivity contribution >= 4 is 11.7 Å². The van der Waals surface area contributed by atoms with Crippen molar-refractivity contribution in [1.82, 2.24) is 0 Å². The van der Waals surface area contributed by atoms with Gasteiger partial charge in [0.25, 0.3) is 0 Å². The number of carboxylic acids is 1. The highest BCUT2D eigenvalue weighted by Crippen LogP contribution is 2.22. The topological polar surface area (TPSA) is 88.0 Å². The molecule has 0 aromatic heterocycles. The molecule has 5 heteroatoms. The zero-order valence-corrected chi connectivity index (χ0v) is 8.97. The lowest BCUT2D eigenvalue weighted by Gasteiger charge is -2.18. The Bertz CT molecular complexity index is 553. The van der Waals surface area contributed by atoms with Gasteiger partial charge in [-0.2, -0.15) is 0 Å². The number of aliphatic carboxylic acids is 1. The van der Waals surface area contributed by atoms with Crippen molar-refractivity contribution in [2.75, 3.05) is 5.73 Å². The van der Waals surface area contributed by atoms with Crippen LogP contribution in [-0.4, -0.2) is 16.7 Å². The van der Waals surface area contributed by atoms with Crippen molar-refractivity contribution in [2.45, 2.75) is 25.4 Å². The molecule has 3 N–H and O–H groups in total. The second kappa shape index (κ2) is 3.59. The lowest BCUT2D eigenvalue weighted by molar-refractivity contribution is -0.138. The Morgan fingerprint density at radius 3 is 2.75 bits per heavy atom. The fourth-order valence-corrected chi connectivity index (χ4v) is 1.80. The van der Waals surface area contributed by atoms with Crippen LogP contribution in [0.1, 0.15) is 19.8 Å². The van der Waals surface area contributed by atoms with Crippen LogP contribution in [0.15, 0.2) is 28.2 Å². The van der Waals surface area contributed by atoms with Gasteiger partial charge in [-0.1, -0.05) is 6.92 Å². The first kappa shape index (κ1) is 10.6. The van der Waals surface area contributed by atoms with Gasteiger partial charge in [-0.25, -0.2) is 0 Å². The third kappa shape index (κ3) is 1.76. The van der Waals surface area contributed by atoms with Crippen molar-refractivity contribution in [3.05, 3.63) is 28.9 Å². The lowest BCUT2D eigenvalue weighted by Crippen LogP contribution is -2.25. The summed E-state index contributed by atoms with van der Waals surface area (Å²) >= 11 is 0. The Kier molecular flexibility index (Phi) is 2.38. The zero-order valence-electron chi connectivity index (χ0n) is 8.97. The summed E-state index contributed by atoms with van der Waals surface area (Å²) in [6.45, 7) is 1.88. The van der Waals surface area contributed by atoms with Gasteiger partial charge in [0, 0.05) is 5.69 Å². The van der Waals surface area contributed by atoms with Gasteiger partial charge in [0.2, 0.25) is 0 Å². The van der Waals surface area contributed by atoms with Crippen LogP contribution in [0, 0.1) is 0 Å². The molecule has 0 aliphatic carbocycles. The summed E-state index contributed by atoms with van der Waals surface area (Å²) in [6.07, 6.45) is 0.478. The number of carboxylic acid groups (broad SMARTS) is 1. The number of nitrogens with zero attached hydrogens (tertiary/aromatic N) is 2. The summed E-state index contributed by atoms with van der Waals surface area (Å²) in [5.74, 6) is -0.893. The molecule has 84 valence electrons. The number of rotatable bonds is 3. The lowest BCUT2D eigenvalue weighted by atomic mass is 10.1. The number of hydrogen-bond acceptors (Lipinski definition) is 4. The highest BCUT2D eigenvalue weighted by atomic mass is 16.4. The number of nitrogens with two attached hydrogens (primary N) is 1. The molecule has 0 amide bonds. The van der Waals surface area contributed by atoms with E-state index >= 15 is 0 Å². The molecular weight excluding hydrogens is 206 g/mol. The van der Waals surface area contributed by atoms with Crippen LogP contribution in [0.25, 0.3) is 0 Å². The molecule has 0 bridgehead atoms. The fourth-order valence-electron chi connectivity index (χ4n) is 1.80. The average Bonchev–Trinajstić information content (AvgIpc) is 2.54. The van der Waals surface area contributed by atoms with Gasteiger partial charge >= 0.3 is 5.97 Å². The molecule has 1 aliphatic heterocycles. The minimum atomic E-state index is -0.893. The van der Waals surface area contributed by atoms with E-state index in [4.69, 9.17) is 10.8 Å². The van der Waals surface area contributed by atoms with Crippen LogP contribution >= 0.6 is 0 Å². The first-order chi connectivity index (χ1) is 7.54. The van der Waals surface area contributed by atoms with Crippen molar-refractivity contribution < 1.29 is 9.90 Å². The number of nitrogen functional groups attached to an aromatic ring is 1. The molecule has 0 radical (unpaired) electrons. The van der Waals surface area contributed by atoms with E-state index in [1.165, 1.54) is 0 Å². The van der Waals surface area contributed by atoms with E-state index < -0.39 is 11.6 Å². The monoisotopic (exact) mass is 219 g/mol. The maximum atomic E-state index is 10.8. The Morgan fingerprint density at radius 1 is 1.44 bits per heavy atom. The molecule has 1 aromatic rings. The van der Waals surface area contributed by atoms with Crippen molar-refractivity contribution in [3.8, 4) is 0 Å². The molecule has 1 atom stereocenters. The number of anilines is 1. The Hall–Kier alpha value is -1.91. The second-order valence-electron chi connectivity index (χ2n) is 3.88. The minimum absolute atomic E-state index is 0.0852. The van der Waals surface area contributed by atoms with Gasteiger partial charge in [-0.15, -0.1) is 0 Å². The van der Waals surface area contributed by atoms with Crippen LogP contribution in [0.2, 0.25) is 0 Å². The quantitative estimate of drug-likeness (QED) is 0.707. The summed E-state index contributed by atoms with van der Waals surface area (Å²) in [5.41, 5.74) is 5.41. The van der Waals surface area contributed by atoms with Crippen molar-refractivity contribution in [2.24, 2.45) is 9.98 Å². The molecule has 16 heavy (non-hydrogen) atoms. The van der Waals surface area contributed by atoms with E-state index in [0.29, 0.717) is 17.5 Å². The summed E-state index contributed by atoms with van der Waals surface area (Å²) < 4.78 is 0. The van der Waals surface area contributed by atoms with Gasteiger partial charge in [0.05, 0.1) is 17.1 Å². The third-order valence-electron chi connectivity index (χ3n) is 2.66. The molecule has 1 unspecified atom stereocenters. The largest absolute Gasteiger partial charge is 0.481 e. The van der Waals surface area contributed by atoms with E-state index in [0.717, 1.165) is 5.36 Å². The number of carbonyl (C=O) groups is 1. The Balaban J connectivity index is 2.53. The molecule has 0 fully saturated rings. The predicted octanol–water partition coefficient (Wildman–Crippen LogP) is 0.103. The first-order valence-corrected chi connectivity index (χ1v) is 5.12. The van der Waals surface area contributed by atoms with Crippen LogP contribution < -0.4 is 16.4 Å². The summed E-state index contributed by atoms with van der Waals surface area (Å²) in [4.78, 5) is 19.5. The van der Waals surface area contributed by atoms with Gasteiger partial charge in [-0.3, -0.25) is 14.8 Å². The Morgan fingerprint density at radius 2 is 2.12 bits per heavy atom. The third-order valence-corrected chi connectivity index (χ3v) is 2.66. The van der Waals surface area contributed by atoms with E-state index in [9.17, 15) is 4.79 Å². The summed E-state index contributed by atoms with van der Waals surface area (Å²) in [7, 11) is 0. The summed E-state index contributed by atoms with van der Waals surface area (Å²) in [6, 6.07) is 5.23. The molecule has 0 saturated carbocycles. The number of hydrogen-bond donors (Lipinski definition) is 2. The highest BCUT2D eigenvalue weighted by molar-refractivity contribution is 5.68. The molecule has 0 spiro atoms. The molecule has 0 saturated heterocycles. The maximum Gasteiger partial charge on any atom is 0.307 e. The van der Waals surface area contributed by atoms with Gasteiger partial charge in [0.15, 0.2) is 5.66 Å². The van der Waals surface area contributed by atoms with E-state index in [1.54, 1.807) is 18.2 Å². The van der Waals surface area contributed by atoms with Crippen LogP contribution in [0.5, 0.6) is 0 Å². The van der Waals surface area contributed by atoms with E-state index in [-0.39, 0.29) is 6.42 Å². The molecule has 1 heterocycles. The molecule has 1 aliphatic rings. The van der Waals surface area contributed by atoms with Crippen LogP contribution in [0.4, 0.5) is 5.69 Å². The fraction of sp³-hybridized carbons (Fsp3) is 0.364. The van der Waals surface area contributed by atoms with Crippen molar-refractivity contribution in [1.29, 1.82) is 0 Å². The van der Waals surface area contributed by atoms with Crippen LogP contribution in [-0.2, 0) is 4.79 Å². The minimum Gasteiger partial charge on any atom is -0.481 e. The summed E-state index contributed by atoms with van der Waals surface area (Å²) in [5, 5.41) is 10.3. The van der Waals surface area contributed by atoms with Gasteiger partial charge < -0.3 is 10.8 Å². The molecule has 2 rings (SSSR count). The van der Waals surface area contributed by atoms with Gasteiger partial charge in [0.1, 0.15) is 0 Å². The van der Waals surface area contributed by atoms with Crippen LogP contribution in [0.3, 0.4) is 0 Å². The predicted molar refractivity (Wildman–Crippen MR) is 58.4 cm³/mol. The first-order valence-electron chi connectivity index (χ1n) is 5.12. The number of fused-ring (bicyclic) bond motifs is 1. The standard InChI is InChI=1S/C11H13N3O2/c1-2-11(6-10(15)16)13-8-4-3-7(12)5-9(8)14-11/h3-5H,2,6,12H2,1H3,(H,15,16). The van der Waals surface area contributed by atoms with E-state index in [2.05, 4.69) is 9.98 Å². The average molecular weight is 219 g/mol. The number of benzene rings is 1. The molecular formula is C11H13N3O2. The van der Waals surface area contributed by atoms with Gasteiger partial charge in [-0.05, 0) is 24.6 Å². The molecule has 5 nitrogen and oxygen atoms in total. The maximum absolute atomic E-state index is 10.8. The smallest absolute Gasteiger partial charge is 0.307 e. The Labute approximate surface area is 92.3 Å². The van der Waals surface area contributed by atoms with Crippen molar-refractivity contribution in [3.63, 3.8) is 0 Å². The second-order valence-corrected chi connectivity index (χ2v) is 3.88. The normalized spacial score (nSPS) is 22.1. The van der Waals surface area contributed by atoms with E-state index in [1.807, 2.05) is 6.92 Å². The SMILES string of the molecule is CCC1(CC(=O)O)N=c2ccc(N)cc2=N1. The molecule has 1 aromatic carbocycles. The highest BCUT2D eigenvalue weighted by Gasteiger charge is 2.31. The zero-order chi connectivity index (χ0) is 11.8.